The van der Waals surface area contributed by atoms with Gasteiger partial charge in [0.15, 0.2) is 16.9 Å². The Morgan fingerprint density at radius 2 is 1.54 bits per heavy atom. The number of Topliss-reactive ketones (excluding diaryl/α,β-unsaturated/α-hetero) is 1. The normalized spacial score (nSPS) is 25.4. The van der Waals surface area contributed by atoms with Crippen molar-refractivity contribution in [1.29, 1.82) is 0 Å². The first-order valence-electron chi connectivity index (χ1n) is 35.4. The van der Waals surface area contributed by atoms with Crippen molar-refractivity contribution < 1.29 is 82.8 Å². The first-order chi connectivity index (χ1) is 49.3. The van der Waals surface area contributed by atoms with Crippen LogP contribution in [0.25, 0.3) is 27.4 Å². The molecule has 7 N–H and O–H groups in total. The van der Waals surface area contributed by atoms with Gasteiger partial charge in [0.25, 0.3) is 17.7 Å². The zero-order valence-electron chi connectivity index (χ0n) is 57.9. The summed E-state index contributed by atoms with van der Waals surface area (Å²) in [6.07, 6.45) is 8.35. The molecule has 8 aliphatic rings. The van der Waals surface area contributed by atoms with E-state index in [1.54, 1.807) is 29.3 Å². The molecule has 26 nitrogen and oxygen atoms in total. The molecule has 552 valence electrons. The molecule has 2 saturated heterocycles. The molecule has 104 heavy (non-hydrogen) atoms. The Hall–Kier alpha value is -9.25. The fourth-order valence-electron chi connectivity index (χ4n) is 18.1. The van der Waals surface area contributed by atoms with Crippen LogP contribution in [0.1, 0.15) is 161 Å². The number of unbranched alkanes of at least 4 members (excludes halogenated alkanes) is 2. The number of hydrogen-bond acceptors (Lipinski definition) is 20. The molecule has 3 aromatic heterocycles. The van der Waals surface area contributed by atoms with Gasteiger partial charge in [0.05, 0.1) is 41.4 Å². The van der Waals surface area contributed by atoms with Crippen LogP contribution in [0.5, 0.6) is 5.75 Å². The predicted molar refractivity (Wildman–Crippen MR) is 386 cm³/mol. The van der Waals surface area contributed by atoms with Crippen LogP contribution in [0.15, 0.2) is 97.2 Å². The quantitative estimate of drug-likeness (QED) is 0.0169. The number of aliphatic hydroxyl groups excluding tert-OH is 3. The van der Waals surface area contributed by atoms with Crippen LogP contribution in [0, 0.1) is 28.6 Å². The number of rotatable bonds is 29. The summed E-state index contributed by atoms with van der Waals surface area (Å²) >= 11 is 1.41. The highest BCUT2D eigenvalue weighted by molar-refractivity contribution is 7.22. The lowest BCUT2D eigenvalue weighted by atomic mass is 9.35. The Bertz CT molecular complexity index is 4280. The van der Waals surface area contributed by atoms with E-state index in [0.717, 1.165) is 83.3 Å². The van der Waals surface area contributed by atoms with Gasteiger partial charge in [0.2, 0.25) is 12.2 Å². The van der Waals surface area contributed by atoms with Gasteiger partial charge in [-0.1, -0.05) is 75.4 Å². The van der Waals surface area contributed by atoms with E-state index < -0.39 is 54.6 Å². The molecule has 4 bridgehead atoms. The van der Waals surface area contributed by atoms with E-state index in [-0.39, 0.29) is 115 Å². The first-order valence-corrected chi connectivity index (χ1v) is 36.2. The van der Waals surface area contributed by atoms with E-state index >= 15 is 0 Å². The number of aliphatic hydroxyl groups is 3. The van der Waals surface area contributed by atoms with Crippen LogP contribution in [0.4, 0.5) is 21.4 Å². The van der Waals surface area contributed by atoms with E-state index in [2.05, 4.69) is 34.1 Å². The van der Waals surface area contributed by atoms with E-state index in [9.17, 15) is 63.9 Å². The number of carboxylic acid groups (broad SMARTS) is 2. The number of aliphatic carboxylic acids is 1. The highest BCUT2D eigenvalue weighted by Crippen LogP contribution is 2.75. The second-order valence-electron chi connectivity index (χ2n) is 29.9. The lowest BCUT2D eigenvalue weighted by molar-refractivity contribution is -0.271. The van der Waals surface area contributed by atoms with Crippen molar-refractivity contribution >= 4 is 91.7 Å². The van der Waals surface area contributed by atoms with Gasteiger partial charge in [0.1, 0.15) is 42.3 Å². The summed E-state index contributed by atoms with van der Waals surface area (Å²) in [4.78, 5) is 117. The lowest BCUT2D eigenvalue weighted by Gasteiger charge is -2.70. The van der Waals surface area contributed by atoms with Gasteiger partial charge >= 0.3 is 18.0 Å². The van der Waals surface area contributed by atoms with Gasteiger partial charge in [-0.15, -0.1) is 0 Å². The van der Waals surface area contributed by atoms with Crippen LogP contribution in [0.2, 0.25) is 0 Å². The van der Waals surface area contributed by atoms with E-state index in [4.69, 9.17) is 29.0 Å². The van der Waals surface area contributed by atoms with Crippen molar-refractivity contribution in [1.82, 2.24) is 29.5 Å². The number of aromatic carboxylic acids is 1. The summed E-state index contributed by atoms with van der Waals surface area (Å²) < 4.78 is 25.8. The average Bonchev–Trinajstić information content (AvgIpc) is 0.703. The van der Waals surface area contributed by atoms with Gasteiger partial charge in [-0.25, -0.2) is 24.4 Å². The number of amides is 5. The number of carbonyl (C=O) groups is 8. The maximum atomic E-state index is 14.1. The maximum absolute atomic E-state index is 14.1. The van der Waals surface area contributed by atoms with Gasteiger partial charge in [-0.2, -0.15) is 5.10 Å². The van der Waals surface area contributed by atoms with Gasteiger partial charge in [0, 0.05) is 86.5 Å². The average molecular weight is 1450 g/mol. The first kappa shape index (κ1) is 74.5. The van der Waals surface area contributed by atoms with Crippen molar-refractivity contribution in [3.05, 3.63) is 131 Å². The summed E-state index contributed by atoms with van der Waals surface area (Å²) in [5.41, 5.74) is 5.89. The Kier molecular flexibility index (Phi) is 22.1. The smallest absolute Gasteiger partial charge is 0.410 e. The minimum absolute atomic E-state index is 0. The molecule has 3 unspecified atom stereocenters. The number of benzene rings is 3. The summed E-state index contributed by atoms with van der Waals surface area (Å²) in [6.45, 7) is 9.86. The Balaban J connectivity index is 0.0000102. The molecule has 5 amide bonds. The van der Waals surface area contributed by atoms with Crippen molar-refractivity contribution in [2.24, 2.45) is 21.7 Å². The van der Waals surface area contributed by atoms with Crippen LogP contribution in [-0.2, 0) is 57.7 Å². The summed E-state index contributed by atoms with van der Waals surface area (Å²) in [7, 11) is 0. The minimum Gasteiger partial charge on any atom is -0.479 e. The number of aromatic nitrogens is 4. The summed E-state index contributed by atoms with van der Waals surface area (Å²) in [5.74, 6) is -3.88. The van der Waals surface area contributed by atoms with E-state index in [1.165, 1.54) is 35.6 Å². The van der Waals surface area contributed by atoms with Gasteiger partial charge < -0.3 is 59.6 Å². The number of hydrogen-bond donors (Lipinski definition) is 7. The number of nitrogens with one attached hydrogen (secondary N) is 2. The molecule has 4 aliphatic heterocycles. The number of ether oxygens (including phenoxy) is 4. The SMILES string of the molecule is C.Cc1c(-c2ccc(N3CCc4cccc(C(=O)Nc5nc6ccccc6s5)c4C3)nc2C(=O)O)cnn1CC12CC3(C)CC(C)(CC(CCCN(C(=O)OC/C=C/c4ccc(O[C@@H]5O[C@H](C(=O)O)[C@@H](O)C(O)[C@H]5O)c(NC(=O)CCCC(=O)CCCCCN5C(=O)C=CC5=O)c4)C4COC4)(C3)C1)C2. The number of pyridine rings is 1. The second kappa shape index (κ2) is 30.8. The lowest BCUT2D eigenvalue weighted by Crippen LogP contribution is -2.61. The van der Waals surface area contributed by atoms with Crippen LogP contribution < -0.4 is 20.3 Å². The maximum Gasteiger partial charge on any atom is 0.410 e. The third-order valence-electron chi connectivity index (χ3n) is 21.6. The molecule has 14 rings (SSSR count). The second-order valence-corrected chi connectivity index (χ2v) is 30.9. The van der Waals surface area contributed by atoms with Crippen LogP contribution >= 0.6 is 11.3 Å². The molecule has 0 spiro atoms. The Morgan fingerprint density at radius 1 is 0.788 bits per heavy atom. The number of carboxylic acids is 2. The van der Waals surface area contributed by atoms with Crippen molar-refractivity contribution in [3.8, 4) is 16.9 Å². The van der Waals surface area contributed by atoms with E-state index in [0.29, 0.717) is 98.3 Å². The van der Waals surface area contributed by atoms with Gasteiger partial charge in [-0.05, 0) is 171 Å². The minimum atomic E-state index is -1.97. The molecule has 4 saturated carbocycles. The van der Waals surface area contributed by atoms with E-state index in [1.807, 2.05) is 66.4 Å². The number of imide groups is 1. The third kappa shape index (κ3) is 16.2. The molecule has 7 atom stereocenters. The monoisotopic (exact) mass is 1450 g/mol. The molecular weight excluding hydrogens is 1350 g/mol. The van der Waals surface area contributed by atoms with Crippen molar-refractivity contribution in [2.75, 3.05) is 55.0 Å². The highest BCUT2D eigenvalue weighted by Gasteiger charge is 2.65. The number of carbonyl (C=O) groups excluding carboxylic acids is 6. The fraction of sp³-hybridized carbons (Fsp3) is 0.494. The molecule has 3 aromatic carbocycles. The van der Waals surface area contributed by atoms with Crippen molar-refractivity contribution in [3.63, 3.8) is 0 Å². The zero-order chi connectivity index (χ0) is 72.5. The number of ketones is 1. The standard InChI is InChI=1S/C76H87N9O17S.CH4/c1-45-52(50-22-24-58(80-62(50)68(94)95)82-31-27-47-14-9-17-51(53(47)35-82)67(93)81-71-79-54-18-6-7-19-57(54)103-71)34-77-85(45)44-76-41-73(2)38-74(3,42-76)40-75(39-73,43-76)28-12-30-83(48-36-99-37-48)72(98)100-32-11-13-46-21-23-56(101-70-65(92)63(90)64(91)66(102-70)69(96)97)55(33-46)78-59(87)20-10-16-49(86)15-5-4-8-29-84-60(88)25-26-61(84)89;/h6-7,9,11,13-14,17-19,21-26,33-34,48,63-66,70,90-92H,4-5,8,10,12,15-16,20,27-32,35-44H2,1-3H3,(H,78,87)(H,94,95)(H,96,97)(H,79,81,93);1H4/b13-11+;/t63?,64-,65+,66-,70+,73?,74?,75?,76?;/m0./s1. The highest BCUT2D eigenvalue weighted by atomic mass is 32.1. The number of para-hydroxylation sites is 1. The summed E-state index contributed by atoms with van der Waals surface area (Å²) in [6, 6.07) is 21.5. The fourth-order valence-corrected chi connectivity index (χ4v) is 18.9. The number of fused-ring (bicyclic) bond motifs is 2. The molecular formula is C77H91N9O17S. The van der Waals surface area contributed by atoms with Crippen LogP contribution in [0.3, 0.4) is 0 Å². The van der Waals surface area contributed by atoms with Gasteiger partial charge in [-0.3, -0.25) is 38.9 Å². The Morgan fingerprint density at radius 3 is 2.27 bits per heavy atom. The Labute approximate surface area is 606 Å². The summed E-state index contributed by atoms with van der Waals surface area (Å²) in [5, 5.41) is 63.3. The zero-order valence-corrected chi connectivity index (χ0v) is 58.7. The predicted octanol–water partition coefficient (Wildman–Crippen LogP) is 10.1. The molecule has 27 heteroatoms. The topological polar surface area (TPSA) is 352 Å². The molecule has 7 heterocycles. The number of thiazole rings is 1. The molecule has 4 aliphatic carbocycles. The largest absolute Gasteiger partial charge is 0.479 e. The number of nitrogens with zero attached hydrogens (tertiary/aromatic N) is 7. The molecule has 6 aromatic rings. The molecule has 6 fully saturated rings. The van der Waals surface area contributed by atoms with Crippen LogP contribution in [-0.4, -0.2) is 179 Å². The molecule has 0 radical (unpaired) electrons. The number of anilines is 3. The third-order valence-corrected chi connectivity index (χ3v) is 22.5. The van der Waals surface area contributed by atoms with Crippen molar-refractivity contribution in [2.45, 2.75) is 181 Å².